The molecule has 3 aliphatic carbocycles. The van der Waals surface area contributed by atoms with Crippen molar-refractivity contribution in [2.75, 3.05) is 32.1 Å². The van der Waals surface area contributed by atoms with Crippen LogP contribution in [0.2, 0.25) is 0 Å². The van der Waals surface area contributed by atoms with Crippen molar-refractivity contribution in [1.82, 2.24) is 15.6 Å². The summed E-state index contributed by atoms with van der Waals surface area (Å²) in [5, 5.41) is 72.1. The molecule has 12 atom stereocenters. The van der Waals surface area contributed by atoms with Gasteiger partial charge in [0.25, 0.3) is 0 Å². The number of ether oxygens (including phenoxy) is 1. The molecular formula is C74H88N4O8. The van der Waals surface area contributed by atoms with E-state index in [1.54, 1.807) is 12.1 Å². The fourth-order valence-electron chi connectivity index (χ4n) is 15.2. The van der Waals surface area contributed by atoms with Gasteiger partial charge in [-0.15, -0.1) is 0 Å². The molecule has 6 aromatic rings. The van der Waals surface area contributed by atoms with Crippen LogP contribution in [0.1, 0.15) is 159 Å². The topological polar surface area (TPSA) is 196 Å². The van der Waals surface area contributed by atoms with E-state index in [0.29, 0.717) is 87.4 Å². The molecule has 2 saturated carbocycles. The van der Waals surface area contributed by atoms with Crippen LogP contribution < -0.4 is 20.7 Å². The Hall–Kier alpha value is -7.14. The van der Waals surface area contributed by atoms with Crippen molar-refractivity contribution in [2.24, 2.45) is 35.5 Å². The zero-order chi connectivity index (χ0) is 60.0. The lowest BCUT2D eigenvalue weighted by molar-refractivity contribution is -0.142. The fourth-order valence-corrected chi connectivity index (χ4v) is 15.2. The number of aromatic nitrogens is 1. The first-order valence-electron chi connectivity index (χ1n) is 31.9. The van der Waals surface area contributed by atoms with E-state index in [4.69, 9.17) is 4.74 Å². The monoisotopic (exact) mass is 1160 g/mol. The van der Waals surface area contributed by atoms with Crippen LogP contribution >= 0.6 is 0 Å². The summed E-state index contributed by atoms with van der Waals surface area (Å²) in [6.45, 7) is 8.10. The van der Waals surface area contributed by atoms with E-state index in [-0.39, 0.29) is 60.2 Å². The highest BCUT2D eigenvalue weighted by atomic mass is 16.5. The molecule has 3 heterocycles. The number of methoxy groups -OCH3 is 1. The Balaban J connectivity index is 1.03. The van der Waals surface area contributed by atoms with Crippen LogP contribution in [0.25, 0.3) is 10.8 Å². The van der Waals surface area contributed by atoms with Gasteiger partial charge in [0.2, 0.25) is 0 Å². The van der Waals surface area contributed by atoms with E-state index in [0.717, 1.165) is 87.2 Å². The number of benzene rings is 5. The van der Waals surface area contributed by atoms with Crippen LogP contribution in [0.4, 0.5) is 5.69 Å². The molecular weight excluding hydrogens is 1070 g/mol. The van der Waals surface area contributed by atoms with Crippen LogP contribution in [0.3, 0.4) is 0 Å². The number of ketones is 2. The van der Waals surface area contributed by atoms with E-state index >= 15 is 4.79 Å². The Bertz CT molecular complexity index is 3520. The number of H-pyrrole nitrogens is 1. The number of Topliss-reactive ketones (excluding diaryl/α,β-unsaturated/α-hetero) is 2. The Morgan fingerprint density at radius 2 is 1.59 bits per heavy atom. The predicted molar refractivity (Wildman–Crippen MR) is 340 cm³/mol. The molecule has 86 heavy (non-hydrogen) atoms. The van der Waals surface area contributed by atoms with Gasteiger partial charge < -0.3 is 51.2 Å². The number of allylic oxidation sites excluding steroid dienone is 2. The number of anilines is 1. The summed E-state index contributed by atoms with van der Waals surface area (Å²) < 4.78 is 5.66. The van der Waals surface area contributed by atoms with Gasteiger partial charge in [-0.3, -0.25) is 9.59 Å². The molecule has 0 amide bonds. The Morgan fingerprint density at radius 1 is 0.779 bits per heavy atom. The summed E-state index contributed by atoms with van der Waals surface area (Å²) in [7, 11) is 1.51. The number of aryl methyl sites for hydroxylation is 1. The highest BCUT2D eigenvalue weighted by Gasteiger charge is 2.44. The van der Waals surface area contributed by atoms with Gasteiger partial charge in [-0.05, 0) is 185 Å². The van der Waals surface area contributed by atoms with Crippen molar-refractivity contribution in [1.29, 1.82) is 0 Å². The molecule has 0 radical (unpaired) electrons. The van der Waals surface area contributed by atoms with Gasteiger partial charge in [0.1, 0.15) is 11.6 Å². The number of aliphatic hydroxyl groups excluding tert-OH is 3. The van der Waals surface area contributed by atoms with Crippen molar-refractivity contribution in [3.05, 3.63) is 177 Å². The van der Waals surface area contributed by atoms with E-state index in [9.17, 15) is 30.3 Å². The number of carbonyl (C=O) groups is 2. The molecule has 0 saturated heterocycles. The number of nitrogens with one attached hydrogen (secondary N) is 4. The number of rotatable bonds is 7. The van der Waals surface area contributed by atoms with Crippen molar-refractivity contribution in [3.8, 4) is 29.1 Å². The number of phenolic OH excluding ortho intramolecular Hbond substituents is 2. The molecule has 12 nitrogen and oxygen atoms in total. The highest BCUT2D eigenvalue weighted by Crippen LogP contribution is 2.47. The van der Waals surface area contributed by atoms with Crippen molar-refractivity contribution < 1.29 is 39.9 Å². The first-order valence-corrected chi connectivity index (χ1v) is 31.9. The quantitative estimate of drug-likeness (QED) is 0.0545. The second-order valence-corrected chi connectivity index (χ2v) is 26.0. The van der Waals surface area contributed by atoms with Crippen LogP contribution in [0.15, 0.2) is 127 Å². The van der Waals surface area contributed by atoms with Crippen molar-refractivity contribution in [2.45, 2.75) is 153 Å². The molecule has 0 spiro atoms. The molecule has 9 N–H and O–H groups in total. The smallest absolute Gasteiger partial charge is 0.173 e. The number of aliphatic hydroxyl groups is 3. The van der Waals surface area contributed by atoms with Crippen LogP contribution in [-0.4, -0.2) is 87.1 Å². The van der Waals surface area contributed by atoms with Crippen LogP contribution in [-0.2, 0) is 35.3 Å². The summed E-state index contributed by atoms with van der Waals surface area (Å²) in [5.74, 6) is 6.47. The molecule has 452 valence electrons. The summed E-state index contributed by atoms with van der Waals surface area (Å²) >= 11 is 0. The third kappa shape index (κ3) is 13.8. The lowest BCUT2D eigenvalue weighted by atomic mass is 9.72. The minimum absolute atomic E-state index is 0.0217. The number of aromatic hydroxyl groups is 2. The summed E-state index contributed by atoms with van der Waals surface area (Å²) in [6.07, 6.45) is 12.6. The first kappa shape index (κ1) is 60.5. The Kier molecular flexibility index (Phi) is 19.2. The van der Waals surface area contributed by atoms with E-state index in [2.05, 4.69) is 114 Å². The van der Waals surface area contributed by atoms with E-state index in [1.165, 1.54) is 19.1 Å². The standard InChI is InChI=1S/C74H88N4O8/c1-5-12-60-54-31-48(30-50-21-23-62(61-18-10-9-17-59(61)49-16-11-13-44(2)27-49)63-40-69(82)70(86-4)37-52(63)22-24-67(80)74(85)73(84)64(50)36-54)28-47-25-26-76-71(32-47)78-66-39-65-51(33-55(66)29-46-14-7-6-8-15-46)19-20-53(72(65)83)35-58(79)43-75-41-45(3)56-34-57(77-42-56)38-68(60)81/h6-10,14-15,17-20,25,32-34,37,39-40,42,44-45,48-50,54,58,60,62,64,68,74-79,81-83,85H,5,11-13,16,22,24,26-31,35-36,38,41,43H2,1-4H3/t44-,45-,48-,49-,50-,54-,58-,60+,62+,64-,68+,74-/m0/s1. The lowest BCUT2D eigenvalue weighted by Gasteiger charge is -2.33. The normalized spacial score (nSPS) is 27.8. The molecule has 5 aliphatic rings. The number of carbonyl (C=O) groups excluding carboxylic acids is 2. The van der Waals surface area contributed by atoms with Gasteiger partial charge in [-0.1, -0.05) is 125 Å². The van der Waals surface area contributed by atoms with Crippen molar-refractivity contribution >= 4 is 28.0 Å². The second-order valence-electron chi connectivity index (χ2n) is 26.0. The van der Waals surface area contributed by atoms with Gasteiger partial charge >= 0.3 is 0 Å². The predicted octanol–water partition coefficient (Wildman–Crippen LogP) is 12.2. The maximum absolute atomic E-state index is 15.4. The zero-order valence-corrected chi connectivity index (χ0v) is 50.6. The van der Waals surface area contributed by atoms with Gasteiger partial charge in [-0.25, -0.2) is 0 Å². The minimum atomic E-state index is -1.85. The van der Waals surface area contributed by atoms with Crippen LogP contribution in [0, 0.1) is 47.3 Å². The number of hydrogen-bond donors (Lipinski definition) is 9. The molecule has 12 heteroatoms. The number of β-amino-alcohol motifs (C(OH)–C–C–N with tert-alkyl or cyclic N) is 1. The molecule has 0 unspecified atom stereocenters. The summed E-state index contributed by atoms with van der Waals surface area (Å²) in [4.78, 5) is 33.3. The van der Waals surface area contributed by atoms with Gasteiger partial charge in [0.15, 0.2) is 29.2 Å². The second kappa shape index (κ2) is 27.3. The molecule has 11 rings (SSSR count). The van der Waals surface area contributed by atoms with Crippen LogP contribution in [0.5, 0.6) is 17.2 Å². The van der Waals surface area contributed by atoms with Gasteiger partial charge in [0.05, 0.1) is 25.2 Å². The third-order valence-electron chi connectivity index (χ3n) is 19.8. The summed E-state index contributed by atoms with van der Waals surface area (Å²) in [5.41, 5.74) is 10.7. The Morgan fingerprint density at radius 3 is 2.40 bits per heavy atom. The van der Waals surface area contributed by atoms with Gasteiger partial charge in [0, 0.05) is 73.7 Å². The minimum Gasteiger partial charge on any atom is -0.507 e. The maximum Gasteiger partial charge on any atom is 0.173 e. The molecule has 9 bridgehead atoms. The fraction of sp³-hybridized carbons (Fsp3) is 0.459. The largest absolute Gasteiger partial charge is 0.507 e. The third-order valence-corrected chi connectivity index (χ3v) is 19.8. The number of aromatic amines is 1. The van der Waals surface area contributed by atoms with E-state index in [1.807, 2.05) is 42.6 Å². The van der Waals surface area contributed by atoms with E-state index < -0.39 is 47.6 Å². The van der Waals surface area contributed by atoms with Crippen molar-refractivity contribution in [3.63, 3.8) is 0 Å². The average Bonchev–Trinajstić information content (AvgIpc) is 3.81. The maximum atomic E-state index is 15.4. The highest BCUT2D eigenvalue weighted by molar-refractivity contribution is 6.06. The summed E-state index contributed by atoms with van der Waals surface area (Å²) in [6, 6.07) is 32.7. The zero-order valence-electron chi connectivity index (χ0n) is 50.6. The number of hydrogen-bond acceptors (Lipinski definition) is 11. The number of fused-ring (bicyclic) bond motifs is 9. The SMILES string of the molecule is CCC[C@@H]1[C@H]2C[C@@H](CC3=CCNC(=C3)Nc3cc4c(O)c(ccc4cc3Cc3ccccc3)C[C@H](O)CNC[C@H](C)c3c[nH]c(c3)C[C@H]1O)C[C@@H]1C#C[C@H](c3ccccc3[C@H]3CCC[C@H](C)C3)c3cc(O)c(OC)cc3CCC(=O)[C@H](O)C(=O)[C@H]1C2. The molecule has 2 aliphatic heterocycles. The molecule has 5 aromatic carbocycles. The molecule has 2 fully saturated rings. The number of phenols is 2. The molecule has 1 aromatic heterocycles. The lowest BCUT2D eigenvalue weighted by Crippen LogP contribution is -2.40. The average molecular weight is 1160 g/mol. The Labute approximate surface area is 508 Å². The number of dihydropyridines is 1. The first-order chi connectivity index (χ1) is 41.7. The van der Waals surface area contributed by atoms with Gasteiger partial charge in [-0.2, -0.15) is 0 Å².